The maximum atomic E-state index is 11.8. The summed E-state index contributed by atoms with van der Waals surface area (Å²) in [5, 5.41) is 2.98. The van der Waals surface area contributed by atoms with Crippen LogP contribution in [0.15, 0.2) is 29.3 Å². The van der Waals surface area contributed by atoms with Crippen molar-refractivity contribution in [3.63, 3.8) is 0 Å². The van der Waals surface area contributed by atoms with E-state index >= 15 is 0 Å². The number of benzene rings is 1. The molecule has 1 aliphatic heterocycles. The molecule has 0 unspecified atom stereocenters. The standard InChI is InChI=1S/C15H22N4O2.HI/c1-21-13-6-4-12(5-7-13)18-15(16)17-9-8-14(20)19-10-2-3-11-19;/h4-7H,2-3,8-11H2,1H3,(H3,16,17,18);1H. The van der Waals surface area contributed by atoms with Crippen LogP contribution in [0.3, 0.4) is 0 Å². The largest absolute Gasteiger partial charge is 0.497 e. The van der Waals surface area contributed by atoms with E-state index in [0.29, 0.717) is 18.9 Å². The summed E-state index contributed by atoms with van der Waals surface area (Å²) in [6.45, 7) is 2.16. The number of nitrogens with zero attached hydrogens (tertiary/aromatic N) is 2. The minimum absolute atomic E-state index is 0. The molecule has 2 rings (SSSR count). The third-order valence-corrected chi connectivity index (χ3v) is 3.43. The number of amides is 1. The van der Waals surface area contributed by atoms with E-state index in [0.717, 1.165) is 37.4 Å². The molecule has 0 atom stereocenters. The maximum absolute atomic E-state index is 11.8. The van der Waals surface area contributed by atoms with Crippen LogP contribution >= 0.6 is 24.0 Å². The van der Waals surface area contributed by atoms with Crippen molar-refractivity contribution in [2.45, 2.75) is 19.3 Å². The molecule has 1 fully saturated rings. The number of nitrogens with two attached hydrogens (primary N) is 1. The number of nitrogens with one attached hydrogen (secondary N) is 1. The lowest BCUT2D eigenvalue weighted by Crippen LogP contribution is -2.28. The van der Waals surface area contributed by atoms with Crippen LogP contribution in [0.2, 0.25) is 0 Å². The highest BCUT2D eigenvalue weighted by atomic mass is 127. The first-order chi connectivity index (χ1) is 10.2. The number of guanidine groups is 1. The average molecular weight is 418 g/mol. The van der Waals surface area contributed by atoms with Gasteiger partial charge in [0, 0.05) is 25.2 Å². The van der Waals surface area contributed by atoms with Gasteiger partial charge in [0.1, 0.15) is 5.75 Å². The second-order valence-electron chi connectivity index (χ2n) is 4.96. The Kier molecular flexibility index (Phi) is 8.00. The van der Waals surface area contributed by atoms with Gasteiger partial charge in [0.25, 0.3) is 0 Å². The van der Waals surface area contributed by atoms with Gasteiger partial charge in [-0.25, -0.2) is 0 Å². The van der Waals surface area contributed by atoms with E-state index < -0.39 is 0 Å². The van der Waals surface area contributed by atoms with Crippen LogP contribution in [0, 0.1) is 0 Å². The highest BCUT2D eigenvalue weighted by Gasteiger charge is 2.16. The van der Waals surface area contributed by atoms with Gasteiger partial charge in [0.2, 0.25) is 5.91 Å². The summed E-state index contributed by atoms with van der Waals surface area (Å²) in [5.74, 6) is 1.26. The summed E-state index contributed by atoms with van der Waals surface area (Å²) in [7, 11) is 1.62. The third kappa shape index (κ3) is 5.70. The van der Waals surface area contributed by atoms with Crippen molar-refractivity contribution in [2.75, 3.05) is 32.1 Å². The molecule has 1 amide bonds. The van der Waals surface area contributed by atoms with E-state index in [2.05, 4.69) is 10.3 Å². The Labute approximate surface area is 148 Å². The Balaban J connectivity index is 0.00000242. The lowest BCUT2D eigenvalue weighted by molar-refractivity contribution is -0.129. The molecule has 3 N–H and O–H groups in total. The quantitative estimate of drug-likeness (QED) is 0.436. The van der Waals surface area contributed by atoms with E-state index in [4.69, 9.17) is 10.5 Å². The second kappa shape index (κ2) is 9.50. The number of carbonyl (C=O) groups excluding carboxylic acids is 1. The summed E-state index contributed by atoms with van der Waals surface area (Å²) in [5.41, 5.74) is 6.63. The number of likely N-dealkylation sites (tertiary alicyclic amines) is 1. The summed E-state index contributed by atoms with van der Waals surface area (Å²) in [6, 6.07) is 7.40. The Morgan fingerprint density at radius 2 is 1.95 bits per heavy atom. The lowest BCUT2D eigenvalue weighted by Gasteiger charge is -2.14. The van der Waals surface area contributed by atoms with E-state index in [1.54, 1.807) is 7.11 Å². The molecule has 6 nitrogen and oxygen atoms in total. The molecule has 0 spiro atoms. The normalized spacial score (nSPS) is 14.4. The van der Waals surface area contributed by atoms with Crippen LogP contribution in [0.25, 0.3) is 0 Å². The number of anilines is 1. The van der Waals surface area contributed by atoms with Gasteiger partial charge in [-0.3, -0.25) is 9.79 Å². The first-order valence-electron chi connectivity index (χ1n) is 7.18. The average Bonchev–Trinajstić information content (AvgIpc) is 3.02. The van der Waals surface area contributed by atoms with E-state index in [-0.39, 0.29) is 29.9 Å². The zero-order valence-corrected chi connectivity index (χ0v) is 15.1. The lowest BCUT2D eigenvalue weighted by atomic mass is 10.3. The molecule has 0 aliphatic carbocycles. The van der Waals surface area contributed by atoms with Crippen molar-refractivity contribution in [2.24, 2.45) is 10.7 Å². The molecule has 0 radical (unpaired) electrons. The number of methoxy groups -OCH3 is 1. The predicted molar refractivity (Wildman–Crippen MR) is 99.0 cm³/mol. The molecule has 1 aliphatic rings. The first kappa shape index (κ1) is 18.5. The first-order valence-corrected chi connectivity index (χ1v) is 7.18. The van der Waals surface area contributed by atoms with Gasteiger partial charge in [0.15, 0.2) is 5.96 Å². The number of carbonyl (C=O) groups is 1. The molecule has 122 valence electrons. The second-order valence-corrected chi connectivity index (χ2v) is 4.96. The molecule has 1 heterocycles. The third-order valence-electron chi connectivity index (χ3n) is 3.43. The Morgan fingerprint density at radius 1 is 1.32 bits per heavy atom. The van der Waals surface area contributed by atoms with Crippen molar-refractivity contribution in [1.82, 2.24) is 4.90 Å². The van der Waals surface area contributed by atoms with E-state index in [9.17, 15) is 4.79 Å². The predicted octanol–water partition coefficient (Wildman–Crippen LogP) is 2.05. The van der Waals surface area contributed by atoms with Crippen molar-refractivity contribution in [3.05, 3.63) is 24.3 Å². The van der Waals surface area contributed by atoms with Gasteiger partial charge >= 0.3 is 0 Å². The van der Waals surface area contributed by atoms with Crippen LogP contribution in [-0.4, -0.2) is 43.5 Å². The fourth-order valence-electron chi connectivity index (χ4n) is 2.26. The summed E-state index contributed by atoms with van der Waals surface area (Å²) in [6.07, 6.45) is 2.62. The SMILES string of the molecule is COc1ccc(NC(N)=NCCC(=O)N2CCCC2)cc1.I. The molecular weight excluding hydrogens is 395 g/mol. The summed E-state index contributed by atoms with van der Waals surface area (Å²) >= 11 is 0. The number of rotatable bonds is 5. The number of aliphatic imine (C=N–C) groups is 1. The Hall–Kier alpha value is -1.51. The highest BCUT2D eigenvalue weighted by molar-refractivity contribution is 14.0. The van der Waals surface area contributed by atoms with Gasteiger partial charge in [-0.1, -0.05) is 0 Å². The van der Waals surface area contributed by atoms with Crippen LogP contribution in [0.5, 0.6) is 5.75 Å². The molecular formula is C15H23IN4O2. The molecule has 1 aromatic rings. The number of hydrogen-bond donors (Lipinski definition) is 2. The van der Waals surface area contributed by atoms with E-state index in [1.807, 2.05) is 29.2 Å². The van der Waals surface area contributed by atoms with E-state index in [1.165, 1.54) is 0 Å². The Morgan fingerprint density at radius 3 is 2.55 bits per heavy atom. The van der Waals surface area contributed by atoms with Crippen molar-refractivity contribution in [1.29, 1.82) is 0 Å². The van der Waals surface area contributed by atoms with Crippen molar-refractivity contribution in [3.8, 4) is 5.75 Å². The zero-order chi connectivity index (χ0) is 15.1. The van der Waals surface area contributed by atoms with Crippen LogP contribution in [0.4, 0.5) is 5.69 Å². The van der Waals surface area contributed by atoms with Crippen LogP contribution < -0.4 is 15.8 Å². The van der Waals surface area contributed by atoms with Gasteiger partial charge in [-0.15, -0.1) is 24.0 Å². The van der Waals surface area contributed by atoms with Crippen molar-refractivity contribution >= 4 is 41.5 Å². The van der Waals surface area contributed by atoms with Crippen LogP contribution in [-0.2, 0) is 4.79 Å². The molecule has 1 aromatic carbocycles. The van der Waals surface area contributed by atoms with Gasteiger partial charge in [0.05, 0.1) is 13.7 Å². The van der Waals surface area contributed by atoms with Gasteiger partial charge in [-0.05, 0) is 37.1 Å². The number of ether oxygens (including phenoxy) is 1. The molecule has 22 heavy (non-hydrogen) atoms. The molecule has 7 heteroatoms. The molecule has 0 aromatic heterocycles. The smallest absolute Gasteiger partial charge is 0.224 e. The summed E-state index contributed by atoms with van der Waals surface area (Å²) < 4.78 is 5.08. The zero-order valence-electron chi connectivity index (χ0n) is 12.7. The molecule has 0 bridgehead atoms. The number of hydrogen-bond acceptors (Lipinski definition) is 3. The van der Waals surface area contributed by atoms with Crippen LogP contribution in [0.1, 0.15) is 19.3 Å². The topological polar surface area (TPSA) is 80.0 Å². The van der Waals surface area contributed by atoms with Crippen molar-refractivity contribution < 1.29 is 9.53 Å². The monoisotopic (exact) mass is 418 g/mol. The Bertz CT molecular complexity index is 499. The minimum atomic E-state index is 0. The molecule has 0 saturated carbocycles. The fourth-order valence-corrected chi connectivity index (χ4v) is 2.26. The van der Waals surface area contributed by atoms with Gasteiger partial charge in [-0.2, -0.15) is 0 Å². The molecule has 1 saturated heterocycles. The summed E-state index contributed by atoms with van der Waals surface area (Å²) in [4.78, 5) is 17.9. The highest BCUT2D eigenvalue weighted by Crippen LogP contribution is 2.14. The number of halogens is 1. The maximum Gasteiger partial charge on any atom is 0.224 e. The minimum Gasteiger partial charge on any atom is -0.497 e. The van der Waals surface area contributed by atoms with Gasteiger partial charge < -0.3 is 20.7 Å². The fraction of sp³-hybridized carbons (Fsp3) is 0.467.